The minimum absolute atomic E-state index is 0.224. The Balaban J connectivity index is 2.24. The van der Waals surface area contributed by atoms with Crippen molar-refractivity contribution in [2.75, 3.05) is 11.3 Å². The van der Waals surface area contributed by atoms with Crippen LogP contribution in [0.5, 0.6) is 0 Å². The summed E-state index contributed by atoms with van der Waals surface area (Å²) in [5.74, 6) is 0. The zero-order valence-electron chi connectivity index (χ0n) is 11.2. The molecule has 6 heteroatoms. The third kappa shape index (κ3) is 3.34. The molecule has 0 spiro atoms. The molecule has 0 aliphatic rings. The molecular weight excluding hydrogens is 274 g/mol. The van der Waals surface area contributed by atoms with Gasteiger partial charge < -0.3 is 5.73 Å². The Kier molecular flexibility index (Phi) is 4.36. The van der Waals surface area contributed by atoms with E-state index in [0.29, 0.717) is 12.2 Å². The van der Waals surface area contributed by atoms with Crippen molar-refractivity contribution in [3.63, 3.8) is 0 Å². The second-order valence-electron chi connectivity index (χ2n) is 4.48. The molecule has 0 bridgehead atoms. The van der Waals surface area contributed by atoms with E-state index in [9.17, 15) is 8.42 Å². The van der Waals surface area contributed by atoms with Crippen molar-refractivity contribution in [3.05, 3.63) is 53.9 Å². The molecule has 0 unspecified atom stereocenters. The Morgan fingerprint density at radius 3 is 2.50 bits per heavy atom. The summed E-state index contributed by atoms with van der Waals surface area (Å²) in [4.78, 5) is 4.14. The number of nitrogens with one attached hydrogen (secondary N) is 1. The van der Waals surface area contributed by atoms with Gasteiger partial charge in [0.25, 0.3) is 10.0 Å². The predicted octanol–water partition coefficient (Wildman–Crippen LogP) is 1.69. The zero-order valence-corrected chi connectivity index (χ0v) is 12.0. The van der Waals surface area contributed by atoms with Crippen LogP contribution in [-0.4, -0.2) is 19.9 Å². The fourth-order valence-electron chi connectivity index (χ4n) is 1.78. The van der Waals surface area contributed by atoms with Crippen LogP contribution in [0.4, 0.5) is 5.69 Å². The lowest BCUT2D eigenvalue weighted by Gasteiger charge is -2.10. The molecule has 0 atom stereocenters. The lowest BCUT2D eigenvalue weighted by Crippen LogP contribution is -2.14. The van der Waals surface area contributed by atoms with Crippen LogP contribution in [-0.2, 0) is 16.4 Å². The number of benzene rings is 1. The number of rotatable bonds is 5. The highest BCUT2D eigenvalue weighted by molar-refractivity contribution is 7.92. The molecule has 0 aliphatic heterocycles. The number of aromatic nitrogens is 1. The van der Waals surface area contributed by atoms with Crippen LogP contribution in [0.1, 0.15) is 11.1 Å². The first-order valence-corrected chi connectivity index (χ1v) is 7.73. The van der Waals surface area contributed by atoms with E-state index in [2.05, 4.69) is 9.71 Å². The zero-order chi connectivity index (χ0) is 14.6. The van der Waals surface area contributed by atoms with E-state index in [4.69, 9.17) is 5.73 Å². The largest absolute Gasteiger partial charge is 0.330 e. The van der Waals surface area contributed by atoms with Gasteiger partial charge in [-0.05, 0) is 49.2 Å². The molecule has 5 nitrogen and oxygen atoms in total. The maximum absolute atomic E-state index is 12.3. The first-order chi connectivity index (χ1) is 9.53. The third-order valence-corrected chi connectivity index (χ3v) is 4.33. The molecule has 20 heavy (non-hydrogen) atoms. The highest BCUT2D eigenvalue weighted by Gasteiger charge is 2.15. The fourth-order valence-corrected chi connectivity index (χ4v) is 2.89. The molecule has 0 amide bonds. The van der Waals surface area contributed by atoms with Crippen LogP contribution in [0.25, 0.3) is 0 Å². The van der Waals surface area contributed by atoms with Gasteiger partial charge in [-0.3, -0.25) is 9.71 Å². The minimum atomic E-state index is -3.59. The van der Waals surface area contributed by atoms with Gasteiger partial charge in [-0.1, -0.05) is 12.1 Å². The second-order valence-corrected chi connectivity index (χ2v) is 6.16. The first-order valence-electron chi connectivity index (χ1n) is 6.25. The van der Waals surface area contributed by atoms with Crippen LogP contribution in [0.2, 0.25) is 0 Å². The van der Waals surface area contributed by atoms with Crippen LogP contribution >= 0.6 is 0 Å². The molecular formula is C14H17N3O2S. The van der Waals surface area contributed by atoms with Crippen molar-refractivity contribution in [1.82, 2.24) is 4.98 Å². The summed E-state index contributed by atoms with van der Waals surface area (Å²) in [5, 5.41) is 0. The number of sulfonamides is 1. The lowest BCUT2D eigenvalue weighted by atomic mass is 10.2. The first kappa shape index (κ1) is 14.5. The Morgan fingerprint density at radius 1 is 1.20 bits per heavy atom. The van der Waals surface area contributed by atoms with Crippen LogP contribution in [0.15, 0.2) is 47.6 Å². The Labute approximate surface area is 118 Å². The predicted molar refractivity (Wildman–Crippen MR) is 79.0 cm³/mol. The molecule has 1 heterocycles. The molecule has 0 saturated carbocycles. The molecule has 0 fully saturated rings. The Bertz CT molecular complexity index is 682. The highest BCUT2D eigenvalue weighted by atomic mass is 32.2. The quantitative estimate of drug-likeness (QED) is 0.878. The molecule has 1 aromatic carbocycles. The van der Waals surface area contributed by atoms with Gasteiger partial charge in [0.15, 0.2) is 0 Å². The number of hydrogen-bond donors (Lipinski definition) is 2. The summed E-state index contributed by atoms with van der Waals surface area (Å²) in [6.07, 6.45) is 3.85. The number of aryl methyl sites for hydroxylation is 1. The fraction of sp³-hybridized carbons (Fsp3) is 0.214. The second kappa shape index (κ2) is 6.02. The Hall–Kier alpha value is -1.92. The average Bonchev–Trinajstić information content (AvgIpc) is 2.42. The number of hydrogen-bond acceptors (Lipinski definition) is 4. The summed E-state index contributed by atoms with van der Waals surface area (Å²) in [5.41, 5.74) is 7.79. The van der Waals surface area contributed by atoms with Gasteiger partial charge >= 0.3 is 0 Å². The van der Waals surface area contributed by atoms with Gasteiger partial charge in [0.1, 0.15) is 0 Å². The van der Waals surface area contributed by atoms with E-state index in [0.717, 1.165) is 17.5 Å². The number of pyridine rings is 1. The summed E-state index contributed by atoms with van der Waals surface area (Å²) in [6, 6.07) is 8.47. The number of anilines is 1. The van der Waals surface area contributed by atoms with Gasteiger partial charge in [-0.15, -0.1) is 0 Å². The molecule has 0 aliphatic carbocycles. The van der Waals surface area contributed by atoms with Gasteiger partial charge in [-0.25, -0.2) is 8.42 Å². The normalized spacial score (nSPS) is 11.3. The maximum atomic E-state index is 12.3. The molecule has 1 aromatic heterocycles. The lowest BCUT2D eigenvalue weighted by molar-refractivity contribution is 0.601. The summed E-state index contributed by atoms with van der Waals surface area (Å²) < 4.78 is 27.1. The molecule has 2 rings (SSSR count). The molecule has 2 aromatic rings. The van der Waals surface area contributed by atoms with Gasteiger partial charge in [0.05, 0.1) is 16.8 Å². The number of nitrogens with two attached hydrogens (primary N) is 1. The monoisotopic (exact) mass is 291 g/mol. The van der Waals surface area contributed by atoms with Gasteiger partial charge in [0, 0.05) is 6.20 Å². The van der Waals surface area contributed by atoms with E-state index in [1.54, 1.807) is 36.5 Å². The van der Waals surface area contributed by atoms with Crippen molar-refractivity contribution in [1.29, 1.82) is 0 Å². The SMILES string of the molecule is Cc1ccncc1NS(=O)(=O)c1ccc(CCN)cc1. The third-order valence-electron chi connectivity index (χ3n) is 2.95. The maximum Gasteiger partial charge on any atom is 0.261 e. The van der Waals surface area contributed by atoms with E-state index in [-0.39, 0.29) is 4.90 Å². The van der Waals surface area contributed by atoms with Crippen molar-refractivity contribution >= 4 is 15.7 Å². The van der Waals surface area contributed by atoms with Crippen LogP contribution in [0, 0.1) is 6.92 Å². The molecule has 0 saturated heterocycles. The average molecular weight is 291 g/mol. The molecule has 106 valence electrons. The summed E-state index contributed by atoms with van der Waals surface area (Å²) >= 11 is 0. The van der Waals surface area contributed by atoms with E-state index >= 15 is 0 Å². The van der Waals surface area contributed by atoms with E-state index in [1.165, 1.54) is 6.20 Å². The van der Waals surface area contributed by atoms with Crippen molar-refractivity contribution in [2.24, 2.45) is 5.73 Å². The summed E-state index contributed by atoms with van der Waals surface area (Å²) in [6.45, 7) is 2.36. The van der Waals surface area contributed by atoms with Gasteiger partial charge in [-0.2, -0.15) is 0 Å². The van der Waals surface area contributed by atoms with Gasteiger partial charge in [0.2, 0.25) is 0 Å². The van der Waals surface area contributed by atoms with Crippen molar-refractivity contribution in [3.8, 4) is 0 Å². The standard InChI is InChI=1S/C14H17N3O2S/c1-11-7-9-16-10-14(11)17-20(18,19)13-4-2-12(3-5-13)6-8-15/h2-5,7,9-10,17H,6,8,15H2,1H3. The van der Waals surface area contributed by atoms with Crippen molar-refractivity contribution in [2.45, 2.75) is 18.2 Å². The van der Waals surface area contributed by atoms with Crippen molar-refractivity contribution < 1.29 is 8.42 Å². The van der Waals surface area contributed by atoms with E-state index in [1.807, 2.05) is 6.92 Å². The molecule has 3 N–H and O–H groups in total. The topological polar surface area (TPSA) is 85.1 Å². The molecule has 0 radical (unpaired) electrons. The van der Waals surface area contributed by atoms with E-state index < -0.39 is 10.0 Å². The van der Waals surface area contributed by atoms with Crippen LogP contribution in [0.3, 0.4) is 0 Å². The van der Waals surface area contributed by atoms with Crippen LogP contribution < -0.4 is 10.5 Å². The smallest absolute Gasteiger partial charge is 0.261 e. The summed E-state index contributed by atoms with van der Waals surface area (Å²) in [7, 11) is -3.59. The highest BCUT2D eigenvalue weighted by Crippen LogP contribution is 2.18. The minimum Gasteiger partial charge on any atom is -0.330 e. The Morgan fingerprint density at radius 2 is 1.90 bits per heavy atom. The number of nitrogens with zero attached hydrogens (tertiary/aromatic N) is 1.